The van der Waals surface area contributed by atoms with E-state index < -0.39 is 18.6 Å². The minimum absolute atomic E-state index is 0.0249. The molecule has 0 heterocycles. The fourth-order valence-corrected chi connectivity index (χ4v) is 1.64. The number of anilines is 1. The smallest absolute Gasteiger partial charge is 0.398 e. The van der Waals surface area contributed by atoms with Gasteiger partial charge in [-0.3, -0.25) is 4.79 Å². The number of carbonyl (C=O) groups excluding carboxylic acids is 1. The molecule has 0 saturated carbocycles. The topological polar surface area (TPSA) is 46.3 Å². The van der Waals surface area contributed by atoms with E-state index in [1.165, 1.54) is 25.1 Å². The van der Waals surface area contributed by atoms with Crippen LogP contribution >= 0.6 is 11.6 Å². The molecule has 0 spiro atoms. The molecule has 0 radical (unpaired) electrons. The lowest BCUT2D eigenvalue weighted by Gasteiger charge is -2.23. The lowest BCUT2D eigenvalue weighted by Crippen LogP contribution is -2.38. The Morgan fingerprint density at radius 1 is 1.44 bits per heavy atom. The number of amides is 1. The number of hydrogen-bond acceptors (Lipinski definition) is 2. The van der Waals surface area contributed by atoms with E-state index in [2.05, 4.69) is 0 Å². The van der Waals surface area contributed by atoms with Gasteiger partial charge in [-0.15, -0.1) is 0 Å². The summed E-state index contributed by atoms with van der Waals surface area (Å²) < 4.78 is 36.9. The second-order valence-corrected chi connectivity index (χ2v) is 4.02. The fraction of sp³-hybridized carbons (Fsp3) is 0.364. The average Bonchev–Trinajstić information content (AvgIpc) is 2.27. The van der Waals surface area contributed by atoms with Crippen LogP contribution in [0.1, 0.15) is 17.3 Å². The Labute approximate surface area is 107 Å². The number of alkyl halides is 3. The summed E-state index contributed by atoms with van der Waals surface area (Å²) in [5.74, 6) is -0.785. The highest BCUT2D eigenvalue weighted by atomic mass is 35.5. The van der Waals surface area contributed by atoms with Crippen molar-refractivity contribution in [3.63, 3.8) is 0 Å². The van der Waals surface area contributed by atoms with Crippen molar-refractivity contribution in [1.82, 2.24) is 4.90 Å². The molecule has 0 bridgehead atoms. The van der Waals surface area contributed by atoms with Crippen LogP contribution in [0.3, 0.4) is 0 Å². The van der Waals surface area contributed by atoms with Crippen LogP contribution in [0.4, 0.5) is 18.9 Å². The number of halogens is 4. The Bertz CT molecular complexity index is 448. The van der Waals surface area contributed by atoms with Crippen LogP contribution in [0, 0.1) is 0 Å². The molecule has 100 valence electrons. The number of carbonyl (C=O) groups is 1. The highest BCUT2D eigenvalue weighted by Crippen LogP contribution is 2.25. The molecule has 1 aromatic carbocycles. The number of nitrogens with two attached hydrogens (primary N) is 1. The van der Waals surface area contributed by atoms with E-state index in [0.29, 0.717) is 4.90 Å². The first-order chi connectivity index (χ1) is 8.26. The van der Waals surface area contributed by atoms with Crippen LogP contribution in [0.5, 0.6) is 0 Å². The van der Waals surface area contributed by atoms with Gasteiger partial charge in [0, 0.05) is 6.54 Å². The van der Waals surface area contributed by atoms with Crippen LogP contribution in [0.2, 0.25) is 5.02 Å². The maximum absolute atomic E-state index is 12.3. The van der Waals surface area contributed by atoms with Gasteiger partial charge in [-0.25, -0.2) is 0 Å². The first-order valence-electron chi connectivity index (χ1n) is 5.16. The van der Waals surface area contributed by atoms with E-state index in [0.717, 1.165) is 0 Å². The molecule has 7 heteroatoms. The summed E-state index contributed by atoms with van der Waals surface area (Å²) in [4.78, 5) is 12.6. The third-order valence-corrected chi connectivity index (χ3v) is 2.72. The standard InChI is InChI=1S/C11H12ClF3N2O/c1-2-17(6-11(13,14)15)10(18)7-4-3-5-8(16)9(7)12/h3-5H,2,6,16H2,1H3. The Hall–Kier alpha value is -1.43. The Balaban J connectivity index is 3.01. The second kappa shape index (κ2) is 5.48. The summed E-state index contributed by atoms with van der Waals surface area (Å²) >= 11 is 5.81. The first-order valence-corrected chi connectivity index (χ1v) is 5.54. The molecule has 0 fully saturated rings. The van der Waals surface area contributed by atoms with Crippen LogP contribution < -0.4 is 5.73 Å². The highest BCUT2D eigenvalue weighted by molar-refractivity contribution is 6.36. The molecule has 1 amide bonds. The molecule has 3 nitrogen and oxygen atoms in total. The summed E-state index contributed by atoms with van der Waals surface area (Å²) in [5, 5.41) is -0.0249. The molecular weight excluding hydrogens is 269 g/mol. The van der Waals surface area contributed by atoms with Crippen molar-refractivity contribution in [3.05, 3.63) is 28.8 Å². The summed E-state index contributed by atoms with van der Waals surface area (Å²) in [6, 6.07) is 4.29. The van der Waals surface area contributed by atoms with Crippen molar-refractivity contribution in [1.29, 1.82) is 0 Å². The van der Waals surface area contributed by atoms with E-state index in [1.54, 1.807) is 0 Å². The van der Waals surface area contributed by atoms with E-state index >= 15 is 0 Å². The number of hydrogen-bond donors (Lipinski definition) is 1. The zero-order valence-corrected chi connectivity index (χ0v) is 10.3. The van der Waals surface area contributed by atoms with Gasteiger partial charge in [0.1, 0.15) is 6.54 Å². The predicted molar refractivity (Wildman–Crippen MR) is 63.5 cm³/mol. The van der Waals surface area contributed by atoms with E-state index in [4.69, 9.17) is 17.3 Å². The fourth-order valence-electron chi connectivity index (χ4n) is 1.43. The molecule has 18 heavy (non-hydrogen) atoms. The zero-order chi connectivity index (χ0) is 13.9. The summed E-state index contributed by atoms with van der Waals surface area (Å²) in [5.41, 5.74) is 5.64. The highest BCUT2D eigenvalue weighted by Gasteiger charge is 2.33. The Morgan fingerprint density at radius 3 is 2.56 bits per heavy atom. The summed E-state index contributed by atoms with van der Waals surface area (Å²) in [7, 11) is 0. The summed E-state index contributed by atoms with van der Waals surface area (Å²) in [6.07, 6.45) is -4.45. The quantitative estimate of drug-likeness (QED) is 0.865. The molecule has 2 N–H and O–H groups in total. The second-order valence-electron chi connectivity index (χ2n) is 3.64. The maximum Gasteiger partial charge on any atom is 0.406 e. The zero-order valence-electron chi connectivity index (χ0n) is 9.59. The van der Waals surface area contributed by atoms with Crippen LogP contribution in [-0.2, 0) is 0 Å². The van der Waals surface area contributed by atoms with Crippen LogP contribution in [0.25, 0.3) is 0 Å². The maximum atomic E-state index is 12.3. The van der Waals surface area contributed by atoms with Gasteiger partial charge in [0.25, 0.3) is 5.91 Å². The van der Waals surface area contributed by atoms with Gasteiger partial charge in [-0.2, -0.15) is 13.2 Å². The molecule has 0 atom stereocenters. The van der Waals surface area contributed by atoms with E-state index in [9.17, 15) is 18.0 Å². The van der Waals surface area contributed by atoms with E-state index in [-0.39, 0.29) is 22.8 Å². The largest absolute Gasteiger partial charge is 0.406 e. The number of nitrogens with zero attached hydrogens (tertiary/aromatic N) is 1. The van der Waals surface area contributed by atoms with Gasteiger partial charge >= 0.3 is 6.18 Å². The molecule has 1 aromatic rings. The summed E-state index contributed by atoms with van der Waals surface area (Å²) in [6.45, 7) is 0.0841. The van der Waals surface area contributed by atoms with Crippen molar-refractivity contribution >= 4 is 23.2 Å². The van der Waals surface area contributed by atoms with Gasteiger partial charge < -0.3 is 10.6 Å². The molecular formula is C11H12ClF3N2O. The monoisotopic (exact) mass is 280 g/mol. The van der Waals surface area contributed by atoms with Crippen LogP contribution in [0.15, 0.2) is 18.2 Å². The molecule has 0 unspecified atom stereocenters. The van der Waals surface area contributed by atoms with Gasteiger partial charge in [-0.05, 0) is 19.1 Å². The van der Waals surface area contributed by atoms with Gasteiger partial charge in [0.05, 0.1) is 16.3 Å². The van der Waals surface area contributed by atoms with Gasteiger partial charge in [-0.1, -0.05) is 17.7 Å². The minimum Gasteiger partial charge on any atom is -0.398 e. The molecule has 0 aromatic heterocycles. The van der Waals surface area contributed by atoms with Crippen molar-refractivity contribution in [2.75, 3.05) is 18.8 Å². The normalized spacial score (nSPS) is 11.4. The van der Waals surface area contributed by atoms with E-state index in [1.807, 2.05) is 0 Å². The SMILES string of the molecule is CCN(CC(F)(F)F)C(=O)c1cccc(N)c1Cl. The van der Waals surface area contributed by atoms with Crippen molar-refractivity contribution in [3.8, 4) is 0 Å². The number of benzene rings is 1. The van der Waals surface area contributed by atoms with Crippen LogP contribution in [-0.4, -0.2) is 30.1 Å². The minimum atomic E-state index is -4.45. The van der Waals surface area contributed by atoms with Gasteiger partial charge in [0.15, 0.2) is 0 Å². The average molecular weight is 281 g/mol. The molecule has 0 aliphatic heterocycles. The Kier molecular flexibility index (Phi) is 4.45. The lowest BCUT2D eigenvalue weighted by atomic mass is 10.1. The number of rotatable bonds is 3. The third-order valence-electron chi connectivity index (χ3n) is 2.30. The molecule has 0 aliphatic carbocycles. The predicted octanol–water partition coefficient (Wildman–Crippen LogP) is 2.95. The molecule has 1 rings (SSSR count). The van der Waals surface area contributed by atoms with Crippen molar-refractivity contribution in [2.24, 2.45) is 0 Å². The van der Waals surface area contributed by atoms with Crippen molar-refractivity contribution < 1.29 is 18.0 Å². The Morgan fingerprint density at radius 2 is 2.06 bits per heavy atom. The number of nitrogen functional groups attached to an aromatic ring is 1. The molecule has 0 saturated heterocycles. The lowest BCUT2D eigenvalue weighted by molar-refractivity contribution is -0.140. The van der Waals surface area contributed by atoms with Crippen molar-refractivity contribution in [2.45, 2.75) is 13.1 Å². The molecule has 0 aliphatic rings. The first kappa shape index (κ1) is 14.6. The van der Waals surface area contributed by atoms with Gasteiger partial charge in [0.2, 0.25) is 0 Å². The third kappa shape index (κ3) is 3.53.